The number of carbonyl (C=O) groups excluding carboxylic acids is 2. The van der Waals surface area contributed by atoms with Gasteiger partial charge in [-0.3, -0.25) is 14.5 Å². The highest BCUT2D eigenvalue weighted by molar-refractivity contribution is 5.90. The van der Waals surface area contributed by atoms with E-state index in [1.807, 2.05) is 40.3 Å². The minimum atomic E-state index is -3.04. The molecule has 1 atom stereocenters. The number of halogens is 3. The summed E-state index contributed by atoms with van der Waals surface area (Å²) in [5, 5.41) is 1.86. The van der Waals surface area contributed by atoms with Crippen molar-refractivity contribution in [1.29, 1.82) is 0 Å². The molecule has 2 aromatic rings. The summed E-state index contributed by atoms with van der Waals surface area (Å²) in [4.78, 5) is 32.3. The Labute approximate surface area is 195 Å². The Morgan fingerprint density at radius 2 is 1.88 bits per heavy atom. The highest BCUT2D eigenvalue weighted by Gasteiger charge is 2.33. The number of carbonyl (C=O) groups is 2. The van der Waals surface area contributed by atoms with E-state index < -0.39 is 30.2 Å². The first-order valence-corrected chi connectivity index (χ1v) is 11.2. The quantitative estimate of drug-likeness (QED) is 0.573. The van der Waals surface area contributed by atoms with Gasteiger partial charge in [0.2, 0.25) is 0 Å². The van der Waals surface area contributed by atoms with Gasteiger partial charge in [-0.2, -0.15) is 5.06 Å². The number of hydrogen-bond acceptors (Lipinski definition) is 6. The Hall–Kier alpha value is -3.11. The number of ketones is 1. The number of Topliss-reactive ketones (excluding diaryl/α,β-unsaturated/α-hetero) is 1. The summed E-state index contributed by atoms with van der Waals surface area (Å²) in [7, 11) is 0. The molecule has 2 saturated heterocycles. The fraction of sp³-hybridized carbons (Fsp3) is 0.417. The van der Waals surface area contributed by atoms with Crippen LogP contribution < -0.4 is 9.80 Å². The Balaban J connectivity index is 1.35. The molecule has 2 aromatic carbocycles. The number of nitrogens with zero attached hydrogens (tertiary/aromatic N) is 3. The predicted octanol–water partition coefficient (Wildman–Crippen LogP) is 4.02. The van der Waals surface area contributed by atoms with Crippen molar-refractivity contribution >= 4 is 23.3 Å². The normalized spacial score (nSPS) is 19.4. The van der Waals surface area contributed by atoms with Gasteiger partial charge in [-0.1, -0.05) is 30.3 Å². The zero-order valence-corrected chi connectivity index (χ0v) is 18.5. The monoisotopic (exact) mass is 477 g/mol. The van der Waals surface area contributed by atoms with Gasteiger partial charge < -0.3 is 9.64 Å². The number of alkyl halides is 2. The van der Waals surface area contributed by atoms with E-state index in [0.717, 1.165) is 5.56 Å². The van der Waals surface area contributed by atoms with Crippen molar-refractivity contribution in [1.82, 2.24) is 5.06 Å². The third-order valence-corrected chi connectivity index (χ3v) is 5.87. The first-order chi connectivity index (χ1) is 16.4. The number of hydroxylamine groups is 2. The molecule has 2 fully saturated rings. The minimum absolute atomic E-state index is 0.000756. The third kappa shape index (κ3) is 5.87. The highest BCUT2D eigenvalue weighted by atomic mass is 19.3. The van der Waals surface area contributed by atoms with Crippen molar-refractivity contribution in [3.8, 4) is 0 Å². The second kappa shape index (κ2) is 10.9. The molecule has 0 radical (unpaired) electrons. The molecule has 4 rings (SSSR count). The molecule has 0 bridgehead atoms. The van der Waals surface area contributed by atoms with Gasteiger partial charge in [-0.05, 0) is 30.2 Å². The first-order valence-electron chi connectivity index (χ1n) is 11.2. The Morgan fingerprint density at radius 1 is 1.09 bits per heavy atom. The van der Waals surface area contributed by atoms with Crippen LogP contribution in [0.2, 0.25) is 0 Å². The predicted molar refractivity (Wildman–Crippen MR) is 119 cm³/mol. The van der Waals surface area contributed by atoms with E-state index in [-0.39, 0.29) is 19.4 Å². The second-order valence-electron chi connectivity index (χ2n) is 8.23. The van der Waals surface area contributed by atoms with Crippen LogP contribution in [0.4, 0.5) is 29.3 Å². The maximum Gasteiger partial charge on any atom is 0.414 e. The SMILES string of the molecule is O=C(CC[C@H]1CN(c2ccc(N3CCON(Cc4ccccc4)CC3)c(F)c2)C(=O)O1)C(F)F. The van der Waals surface area contributed by atoms with E-state index in [1.54, 1.807) is 12.1 Å². The van der Waals surface area contributed by atoms with E-state index >= 15 is 4.39 Å². The van der Waals surface area contributed by atoms with E-state index in [2.05, 4.69) is 0 Å². The maximum atomic E-state index is 15.0. The molecule has 2 heterocycles. The summed E-state index contributed by atoms with van der Waals surface area (Å²) >= 11 is 0. The van der Waals surface area contributed by atoms with Crippen LogP contribution >= 0.6 is 0 Å². The summed E-state index contributed by atoms with van der Waals surface area (Å²) in [6, 6.07) is 14.4. The van der Waals surface area contributed by atoms with Crippen LogP contribution in [-0.4, -0.2) is 62.3 Å². The lowest BCUT2D eigenvalue weighted by Crippen LogP contribution is -2.31. The second-order valence-corrected chi connectivity index (χ2v) is 8.23. The average Bonchev–Trinajstić information content (AvgIpc) is 3.04. The fourth-order valence-electron chi connectivity index (χ4n) is 4.06. The summed E-state index contributed by atoms with van der Waals surface area (Å²) in [5.74, 6) is -1.67. The smallest absolute Gasteiger partial charge is 0.414 e. The van der Waals surface area contributed by atoms with Gasteiger partial charge >= 0.3 is 6.09 Å². The standard InChI is InChI=1S/C24H26F3N3O4/c25-20-14-18(30-16-19(34-24(30)32)7-9-22(31)23(26)27)6-8-21(20)28-10-11-29(33-13-12-28)15-17-4-2-1-3-5-17/h1-6,8,14,19,23H,7,9-13,15-16H2/t19-/m0/s1. The highest BCUT2D eigenvalue weighted by Crippen LogP contribution is 2.29. The Bertz CT molecular complexity index is 1010. The van der Waals surface area contributed by atoms with Crippen LogP contribution in [0.15, 0.2) is 48.5 Å². The number of cyclic esters (lactones) is 1. The van der Waals surface area contributed by atoms with Crippen LogP contribution in [0.25, 0.3) is 0 Å². The van der Waals surface area contributed by atoms with Gasteiger partial charge in [0, 0.05) is 32.6 Å². The minimum Gasteiger partial charge on any atom is -0.444 e. The van der Waals surface area contributed by atoms with Gasteiger partial charge in [0.1, 0.15) is 11.9 Å². The topological polar surface area (TPSA) is 62.3 Å². The van der Waals surface area contributed by atoms with E-state index in [0.29, 0.717) is 44.2 Å². The summed E-state index contributed by atoms with van der Waals surface area (Å²) in [6.45, 7) is 2.78. The van der Waals surface area contributed by atoms with Gasteiger partial charge in [0.15, 0.2) is 5.78 Å². The van der Waals surface area contributed by atoms with Crippen LogP contribution in [0.1, 0.15) is 18.4 Å². The molecule has 2 aliphatic rings. The largest absolute Gasteiger partial charge is 0.444 e. The van der Waals surface area contributed by atoms with Crippen molar-refractivity contribution in [2.24, 2.45) is 0 Å². The molecule has 0 spiro atoms. The first kappa shape index (κ1) is 24.0. The lowest BCUT2D eigenvalue weighted by atomic mass is 10.1. The molecule has 10 heteroatoms. The van der Waals surface area contributed by atoms with Crippen LogP contribution in [0, 0.1) is 5.82 Å². The molecule has 7 nitrogen and oxygen atoms in total. The lowest BCUT2D eigenvalue weighted by molar-refractivity contribution is -0.154. The molecule has 0 saturated carbocycles. The molecule has 1 amide bonds. The Kier molecular flexibility index (Phi) is 7.69. The van der Waals surface area contributed by atoms with Gasteiger partial charge in [0.25, 0.3) is 6.43 Å². The zero-order chi connectivity index (χ0) is 24.1. The summed E-state index contributed by atoms with van der Waals surface area (Å²) in [6.07, 6.45) is -4.81. The molecule has 0 aliphatic carbocycles. The van der Waals surface area contributed by atoms with E-state index in [1.165, 1.54) is 11.0 Å². The van der Waals surface area contributed by atoms with Gasteiger partial charge in [0.05, 0.1) is 24.5 Å². The molecule has 0 aromatic heterocycles. The summed E-state index contributed by atoms with van der Waals surface area (Å²) < 4.78 is 44.9. The van der Waals surface area contributed by atoms with Crippen LogP contribution in [0.5, 0.6) is 0 Å². The number of hydrogen-bond donors (Lipinski definition) is 0. The number of benzene rings is 2. The average molecular weight is 477 g/mol. The maximum absolute atomic E-state index is 15.0. The van der Waals surface area contributed by atoms with Gasteiger partial charge in [-0.25, -0.2) is 18.0 Å². The van der Waals surface area contributed by atoms with Crippen molar-refractivity contribution < 1.29 is 32.3 Å². The number of amides is 1. The Morgan fingerprint density at radius 3 is 2.62 bits per heavy atom. The molecular weight excluding hydrogens is 451 g/mol. The molecule has 0 unspecified atom stereocenters. The van der Waals surface area contributed by atoms with Crippen molar-refractivity contribution in [2.45, 2.75) is 31.9 Å². The lowest BCUT2D eigenvalue weighted by Gasteiger charge is -2.24. The molecule has 0 N–H and O–H groups in total. The van der Waals surface area contributed by atoms with Crippen LogP contribution in [0.3, 0.4) is 0 Å². The van der Waals surface area contributed by atoms with Crippen LogP contribution in [-0.2, 0) is 20.9 Å². The zero-order valence-electron chi connectivity index (χ0n) is 18.5. The van der Waals surface area contributed by atoms with Crippen molar-refractivity contribution in [2.75, 3.05) is 42.6 Å². The number of anilines is 2. The molecule has 182 valence electrons. The van der Waals surface area contributed by atoms with Gasteiger partial charge in [-0.15, -0.1) is 0 Å². The third-order valence-electron chi connectivity index (χ3n) is 5.87. The van der Waals surface area contributed by atoms with Crippen molar-refractivity contribution in [3.05, 3.63) is 59.9 Å². The number of rotatable bonds is 8. The van der Waals surface area contributed by atoms with E-state index in [4.69, 9.17) is 9.57 Å². The van der Waals surface area contributed by atoms with Crippen molar-refractivity contribution in [3.63, 3.8) is 0 Å². The molecule has 2 aliphatic heterocycles. The fourth-order valence-corrected chi connectivity index (χ4v) is 4.06. The van der Waals surface area contributed by atoms with E-state index in [9.17, 15) is 18.4 Å². The summed E-state index contributed by atoms with van der Waals surface area (Å²) in [5.41, 5.74) is 1.84. The number of ether oxygens (including phenoxy) is 1. The molecular formula is C24H26F3N3O4. The molecule has 34 heavy (non-hydrogen) atoms.